The molecule has 1 heterocycles. The van der Waals surface area contributed by atoms with Gasteiger partial charge in [-0.2, -0.15) is 0 Å². The minimum absolute atomic E-state index is 0.00782. The fourth-order valence-electron chi connectivity index (χ4n) is 1.79. The largest absolute Gasteiger partial charge is 0.492 e. The number of aromatic nitrogens is 1. The molecule has 3 nitrogen and oxygen atoms in total. The normalized spacial score (nSPS) is 10.3. The lowest BCUT2D eigenvalue weighted by Gasteiger charge is -2.09. The summed E-state index contributed by atoms with van der Waals surface area (Å²) in [5, 5.41) is 0. The number of nitrogens with zero attached hydrogens (tertiary/aromatic N) is 1. The monoisotopic (exact) mass is 243 g/mol. The van der Waals surface area contributed by atoms with Gasteiger partial charge in [0.25, 0.3) is 5.56 Å². The zero-order chi connectivity index (χ0) is 13.0. The fraction of sp³-hybridized carbons (Fsp3) is 0.267. The van der Waals surface area contributed by atoms with Crippen LogP contribution in [-0.2, 0) is 6.54 Å². The molecular formula is C15H17NO2. The van der Waals surface area contributed by atoms with E-state index < -0.39 is 0 Å². The van der Waals surface area contributed by atoms with Gasteiger partial charge < -0.3 is 9.30 Å². The van der Waals surface area contributed by atoms with Crippen molar-refractivity contribution < 1.29 is 4.74 Å². The van der Waals surface area contributed by atoms with Crippen LogP contribution in [0.5, 0.6) is 5.75 Å². The molecule has 0 amide bonds. The number of hydrogen-bond acceptors (Lipinski definition) is 2. The van der Waals surface area contributed by atoms with Crippen LogP contribution >= 0.6 is 0 Å². The summed E-state index contributed by atoms with van der Waals surface area (Å²) in [6.07, 6.45) is 1.85. The summed E-state index contributed by atoms with van der Waals surface area (Å²) in [5.74, 6) is 0.843. The summed E-state index contributed by atoms with van der Waals surface area (Å²) in [4.78, 5) is 11.6. The van der Waals surface area contributed by atoms with Crippen LogP contribution in [0.2, 0.25) is 0 Å². The molecule has 1 aromatic heterocycles. The molecule has 0 spiro atoms. The smallest absolute Gasteiger partial charge is 0.250 e. The van der Waals surface area contributed by atoms with Gasteiger partial charge in [0.2, 0.25) is 0 Å². The van der Waals surface area contributed by atoms with Crippen molar-refractivity contribution in [2.75, 3.05) is 6.61 Å². The van der Waals surface area contributed by atoms with Gasteiger partial charge in [0.05, 0.1) is 6.54 Å². The maximum atomic E-state index is 11.6. The Hall–Kier alpha value is -2.03. The molecule has 0 saturated carbocycles. The minimum atomic E-state index is 0.00782. The van der Waals surface area contributed by atoms with Crippen molar-refractivity contribution in [2.24, 2.45) is 0 Å². The Kier molecular flexibility index (Phi) is 3.82. The summed E-state index contributed by atoms with van der Waals surface area (Å²) < 4.78 is 7.30. The average molecular weight is 243 g/mol. The predicted octanol–water partition coefficient (Wildman–Crippen LogP) is 2.54. The Morgan fingerprint density at radius 2 is 1.94 bits per heavy atom. The van der Waals surface area contributed by atoms with Crippen LogP contribution in [-0.4, -0.2) is 11.2 Å². The summed E-state index contributed by atoms with van der Waals surface area (Å²) in [5.41, 5.74) is 2.25. The molecular weight excluding hydrogens is 226 g/mol. The van der Waals surface area contributed by atoms with E-state index in [2.05, 4.69) is 0 Å². The third kappa shape index (κ3) is 3.23. The van der Waals surface area contributed by atoms with E-state index in [1.165, 1.54) is 5.56 Å². The Labute approximate surface area is 107 Å². The first-order valence-electron chi connectivity index (χ1n) is 6.02. The number of pyridine rings is 1. The van der Waals surface area contributed by atoms with Crippen molar-refractivity contribution in [3.8, 4) is 5.75 Å². The first kappa shape index (κ1) is 12.4. The molecule has 2 rings (SSSR count). The zero-order valence-electron chi connectivity index (χ0n) is 10.7. The van der Waals surface area contributed by atoms with Crippen molar-refractivity contribution in [2.45, 2.75) is 20.4 Å². The molecule has 0 unspecified atom stereocenters. The van der Waals surface area contributed by atoms with E-state index in [9.17, 15) is 4.79 Å². The van der Waals surface area contributed by atoms with Crippen molar-refractivity contribution >= 4 is 0 Å². The average Bonchev–Trinajstić information content (AvgIpc) is 2.34. The zero-order valence-corrected chi connectivity index (χ0v) is 10.7. The highest BCUT2D eigenvalue weighted by molar-refractivity contribution is 5.27. The second-order valence-corrected chi connectivity index (χ2v) is 4.40. The molecule has 0 aliphatic heterocycles. The van der Waals surface area contributed by atoms with Gasteiger partial charge in [0.1, 0.15) is 12.4 Å². The molecule has 1 aromatic carbocycles. The van der Waals surface area contributed by atoms with E-state index >= 15 is 0 Å². The van der Waals surface area contributed by atoms with Crippen molar-refractivity contribution in [1.82, 2.24) is 4.57 Å². The number of rotatable bonds is 4. The molecule has 0 atom stereocenters. The maximum Gasteiger partial charge on any atom is 0.250 e. The second kappa shape index (κ2) is 5.54. The highest BCUT2D eigenvalue weighted by atomic mass is 16.5. The van der Waals surface area contributed by atoms with Gasteiger partial charge in [-0.3, -0.25) is 4.79 Å². The first-order chi connectivity index (χ1) is 8.65. The van der Waals surface area contributed by atoms with Crippen molar-refractivity contribution in [1.29, 1.82) is 0 Å². The highest BCUT2D eigenvalue weighted by Crippen LogP contribution is 2.12. The van der Waals surface area contributed by atoms with E-state index in [4.69, 9.17) is 4.74 Å². The Bertz CT molecular complexity index is 587. The number of benzene rings is 1. The van der Waals surface area contributed by atoms with Crippen LogP contribution in [0.15, 0.2) is 47.4 Å². The lowest BCUT2D eigenvalue weighted by molar-refractivity contribution is 0.296. The molecule has 0 N–H and O–H groups in total. The van der Waals surface area contributed by atoms with Crippen LogP contribution in [0.3, 0.4) is 0 Å². The van der Waals surface area contributed by atoms with Gasteiger partial charge in [-0.05, 0) is 37.1 Å². The highest BCUT2D eigenvalue weighted by Gasteiger charge is 1.98. The van der Waals surface area contributed by atoms with E-state index in [1.807, 2.05) is 50.4 Å². The van der Waals surface area contributed by atoms with Gasteiger partial charge in [0, 0.05) is 12.3 Å². The Morgan fingerprint density at radius 3 is 2.72 bits per heavy atom. The standard InChI is InChI=1S/C15H17NO2/c1-12-4-3-5-14(10-12)18-9-8-16-11-13(2)6-7-15(16)17/h3-7,10-11H,8-9H2,1-2H3. The number of ether oxygens (including phenoxy) is 1. The fourth-order valence-corrected chi connectivity index (χ4v) is 1.79. The summed E-state index contributed by atoms with van der Waals surface area (Å²) in [6, 6.07) is 11.3. The molecule has 0 aliphatic carbocycles. The Morgan fingerprint density at radius 1 is 1.11 bits per heavy atom. The van der Waals surface area contributed by atoms with Crippen molar-refractivity contribution in [3.63, 3.8) is 0 Å². The van der Waals surface area contributed by atoms with Crippen LogP contribution < -0.4 is 10.3 Å². The Balaban J connectivity index is 1.96. The molecule has 0 saturated heterocycles. The molecule has 0 aliphatic rings. The molecule has 2 aromatic rings. The van der Waals surface area contributed by atoms with Gasteiger partial charge in [-0.1, -0.05) is 18.2 Å². The summed E-state index contributed by atoms with van der Waals surface area (Å²) in [6.45, 7) is 5.05. The number of aryl methyl sites for hydroxylation is 2. The van der Waals surface area contributed by atoms with Gasteiger partial charge >= 0.3 is 0 Å². The third-order valence-electron chi connectivity index (χ3n) is 2.72. The first-order valence-corrected chi connectivity index (χ1v) is 6.02. The quantitative estimate of drug-likeness (QED) is 0.826. The van der Waals surface area contributed by atoms with E-state index in [0.717, 1.165) is 11.3 Å². The van der Waals surface area contributed by atoms with E-state index in [-0.39, 0.29) is 5.56 Å². The molecule has 0 radical (unpaired) electrons. The van der Waals surface area contributed by atoms with E-state index in [0.29, 0.717) is 13.2 Å². The predicted molar refractivity (Wildman–Crippen MR) is 72.1 cm³/mol. The van der Waals surface area contributed by atoms with Gasteiger partial charge in [-0.15, -0.1) is 0 Å². The third-order valence-corrected chi connectivity index (χ3v) is 2.72. The molecule has 0 bridgehead atoms. The van der Waals surface area contributed by atoms with Crippen LogP contribution in [0, 0.1) is 13.8 Å². The molecule has 3 heteroatoms. The van der Waals surface area contributed by atoms with Crippen molar-refractivity contribution in [3.05, 3.63) is 64.1 Å². The maximum absolute atomic E-state index is 11.6. The van der Waals surface area contributed by atoms with Crippen LogP contribution in [0.4, 0.5) is 0 Å². The molecule has 0 fully saturated rings. The molecule has 18 heavy (non-hydrogen) atoms. The topological polar surface area (TPSA) is 31.2 Å². The SMILES string of the molecule is Cc1cccc(OCCn2cc(C)ccc2=O)c1. The van der Waals surface area contributed by atoms with Crippen LogP contribution in [0.25, 0.3) is 0 Å². The second-order valence-electron chi connectivity index (χ2n) is 4.40. The van der Waals surface area contributed by atoms with Gasteiger partial charge in [0.15, 0.2) is 0 Å². The van der Waals surface area contributed by atoms with Crippen LogP contribution in [0.1, 0.15) is 11.1 Å². The van der Waals surface area contributed by atoms with Gasteiger partial charge in [-0.25, -0.2) is 0 Å². The number of hydrogen-bond donors (Lipinski definition) is 0. The lowest BCUT2D eigenvalue weighted by atomic mass is 10.2. The van der Waals surface area contributed by atoms with E-state index in [1.54, 1.807) is 10.6 Å². The summed E-state index contributed by atoms with van der Waals surface area (Å²) >= 11 is 0. The molecule has 94 valence electrons. The summed E-state index contributed by atoms with van der Waals surface area (Å²) in [7, 11) is 0. The lowest BCUT2D eigenvalue weighted by Crippen LogP contribution is -2.21. The minimum Gasteiger partial charge on any atom is -0.492 e.